The van der Waals surface area contributed by atoms with E-state index in [-0.39, 0.29) is 5.54 Å². The van der Waals surface area contributed by atoms with Gasteiger partial charge in [0.2, 0.25) is 0 Å². The number of thioether (sulfide) groups is 1. The molecule has 1 rings (SSSR count). The first-order valence-corrected chi connectivity index (χ1v) is 7.65. The van der Waals surface area contributed by atoms with E-state index in [0.717, 1.165) is 6.54 Å². The first-order chi connectivity index (χ1) is 7.50. The van der Waals surface area contributed by atoms with Crippen molar-refractivity contribution < 1.29 is 0 Å². The quantitative estimate of drug-likeness (QED) is 0.806. The van der Waals surface area contributed by atoms with Crippen LogP contribution in [0, 0.1) is 5.41 Å². The Kier molecular flexibility index (Phi) is 5.14. The van der Waals surface area contributed by atoms with Crippen LogP contribution < -0.4 is 5.73 Å². The van der Waals surface area contributed by atoms with E-state index in [1.54, 1.807) is 0 Å². The molecule has 3 heteroatoms. The Balaban J connectivity index is 2.80. The number of rotatable bonds is 5. The Hall–Kier alpha value is 0.270. The van der Waals surface area contributed by atoms with Gasteiger partial charge in [-0.05, 0) is 37.6 Å². The Labute approximate surface area is 105 Å². The predicted molar refractivity (Wildman–Crippen MR) is 75.0 cm³/mol. The number of hydrogen-bond donors (Lipinski definition) is 1. The van der Waals surface area contributed by atoms with Gasteiger partial charge in [-0.1, -0.05) is 27.2 Å². The van der Waals surface area contributed by atoms with Gasteiger partial charge in [-0.3, -0.25) is 4.90 Å². The summed E-state index contributed by atoms with van der Waals surface area (Å²) in [5, 5.41) is 0. The molecule has 1 aliphatic rings. The van der Waals surface area contributed by atoms with Crippen molar-refractivity contribution in [1.82, 2.24) is 4.90 Å². The summed E-state index contributed by atoms with van der Waals surface area (Å²) in [5.41, 5.74) is 6.67. The fourth-order valence-corrected chi connectivity index (χ4v) is 4.59. The molecule has 0 saturated carbocycles. The summed E-state index contributed by atoms with van der Waals surface area (Å²) in [6.45, 7) is 9.00. The van der Waals surface area contributed by atoms with Crippen molar-refractivity contribution in [3.05, 3.63) is 0 Å². The highest BCUT2D eigenvalue weighted by atomic mass is 32.2. The largest absolute Gasteiger partial charge is 0.329 e. The molecule has 1 heterocycles. The Morgan fingerprint density at radius 2 is 2.06 bits per heavy atom. The topological polar surface area (TPSA) is 29.3 Å². The number of nitrogens with zero attached hydrogens (tertiary/aromatic N) is 1. The predicted octanol–water partition coefficient (Wildman–Crippen LogP) is 2.58. The maximum Gasteiger partial charge on any atom is 0.0469 e. The van der Waals surface area contributed by atoms with Crippen LogP contribution in [0.1, 0.15) is 40.0 Å². The lowest BCUT2D eigenvalue weighted by Crippen LogP contribution is -2.64. The van der Waals surface area contributed by atoms with Crippen LogP contribution in [0.25, 0.3) is 0 Å². The molecule has 0 aromatic heterocycles. The number of unbranched alkanes of at least 4 members (excludes halogenated alkanes) is 1. The molecule has 2 nitrogen and oxygen atoms in total. The van der Waals surface area contributed by atoms with Gasteiger partial charge in [0.05, 0.1) is 0 Å². The van der Waals surface area contributed by atoms with Crippen LogP contribution >= 0.6 is 11.8 Å². The van der Waals surface area contributed by atoms with Crippen molar-refractivity contribution in [2.24, 2.45) is 11.1 Å². The molecule has 0 radical (unpaired) electrons. The van der Waals surface area contributed by atoms with E-state index in [4.69, 9.17) is 5.73 Å². The third kappa shape index (κ3) is 2.57. The molecule has 0 aliphatic carbocycles. The zero-order valence-corrected chi connectivity index (χ0v) is 12.2. The van der Waals surface area contributed by atoms with E-state index < -0.39 is 0 Å². The van der Waals surface area contributed by atoms with E-state index in [0.29, 0.717) is 5.41 Å². The van der Waals surface area contributed by atoms with Crippen molar-refractivity contribution in [1.29, 1.82) is 0 Å². The van der Waals surface area contributed by atoms with E-state index in [9.17, 15) is 0 Å². The van der Waals surface area contributed by atoms with Crippen LogP contribution in [0.3, 0.4) is 0 Å². The second-order valence-corrected chi connectivity index (χ2v) is 6.80. The van der Waals surface area contributed by atoms with Crippen LogP contribution in [-0.4, -0.2) is 42.1 Å². The van der Waals surface area contributed by atoms with Gasteiger partial charge in [-0.15, -0.1) is 0 Å². The van der Waals surface area contributed by atoms with E-state index in [2.05, 4.69) is 44.5 Å². The molecule has 96 valence electrons. The molecule has 1 saturated heterocycles. The lowest BCUT2D eigenvalue weighted by atomic mass is 9.70. The monoisotopic (exact) mass is 244 g/mol. The van der Waals surface area contributed by atoms with Crippen molar-refractivity contribution in [3.8, 4) is 0 Å². The molecule has 1 fully saturated rings. The molecule has 1 unspecified atom stereocenters. The van der Waals surface area contributed by atoms with Crippen LogP contribution in [0.4, 0.5) is 0 Å². The minimum Gasteiger partial charge on any atom is -0.329 e. The average Bonchev–Trinajstić information content (AvgIpc) is 2.25. The van der Waals surface area contributed by atoms with Gasteiger partial charge in [0.1, 0.15) is 0 Å². The first kappa shape index (κ1) is 14.3. The van der Waals surface area contributed by atoms with Gasteiger partial charge in [0.15, 0.2) is 0 Å². The Bertz CT molecular complexity index is 218. The second kappa shape index (κ2) is 5.74. The van der Waals surface area contributed by atoms with E-state index in [1.807, 2.05) is 0 Å². The highest BCUT2D eigenvalue weighted by molar-refractivity contribution is 7.99. The summed E-state index contributed by atoms with van der Waals surface area (Å²) in [7, 11) is 2.26. The molecule has 0 spiro atoms. The second-order valence-electron chi connectivity index (χ2n) is 5.70. The zero-order chi connectivity index (χ0) is 12.2. The SMILES string of the molecule is CCCCN(C)C1(CN)CSCCC1(C)C. The summed E-state index contributed by atoms with van der Waals surface area (Å²) < 4.78 is 0. The minimum absolute atomic E-state index is 0.199. The zero-order valence-electron chi connectivity index (χ0n) is 11.4. The molecule has 0 aromatic carbocycles. The molecular formula is C13H28N2S. The van der Waals surface area contributed by atoms with Gasteiger partial charge in [0, 0.05) is 17.8 Å². The lowest BCUT2D eigenvalue weighted by Gasteiger charge is -2.54. The standard InChI is InChI=1S/C13H28N2S/c1-5-6-8-15(4)13(10-14)11-16-9-7-12(13,2)3/h5-11,14H2,1-4H3. The highest BCUT2D eigenvalue weighted by Crippen LogP contribution is 2.44. The van der Waals surface area contributed by atoms with Crippen molar-refractivity contribution in [2.75, 3.05) is 31.6 Å². The number of likely N-dealkylation sites (N-methyl/N-ethyl adjacent to an activating group) is 1. The fraction of sp³-hybridized carbons (Fsp3) is 1.00. The van der Waals surface area contributed by atoms with Crippen LogP contribution in [0.5, 0.6) is 0 Å². The maximum atomic E-state index is 6.13. The first-order valence-electron chi connectivity index (χ1n) is 6.49. The molecule has 0 amide bonds. The molecule has 1 atom stereocenters. The van der Waals surface area contributed by atoms with Gasteiger partial charge in [-0.2, -0.15) is 11.8 Å². The molecule has 0 bridgehead atoms. The summed E-state index contributed by atoms with van der Waals surface area (Å²) in [6, 6.07) is 0. The molecule has 16 heavy (non-hydrogen) atoms. The third-order valence-corrected chi connectivity index (χ3v) is 5.56. The van der Waals surface area contributed by atoms with Gasteiger partial charge in [-0.25, -0.2) is 0 Å². The van der Waals surface area contributed by atoms with Gasteiger partial charge < -0.3 is 5.73 Å². The minimum atomic E-state index is 0.199. The molecule has 1 aliphatic heterocycles. The smallest absolute Gasteiger partial charge is 0.0469 e. The lowest BCUT2D eigenvalue weighted by molar-refractivity contribution is 0.0196. The number of hydrogen-bond acceptors (Lipinski definition) is 3. The fourth-order valence-electron chi connectivity index (χ4n) is 2.72. The van der Waals surface area contributed by atoms with Gasteiger partial charge >= 0.3 is 0 Å². The Morgan fingerprint density at radius 1 is 1.38 bits per heavy atom. The van der Waals surface area contributed by atoms with E-state index in [1.165, 1.54) is 37.3 Å². The van der Waals surface area contributed by atoms with E-state index >= 15 is 0 Å². The maximum absolute atomic E-state index is 6.13. The molecule has 2 N–H and O–H groups in total. The normalized spacial score (nSPS) is 29.6. The van der Waals surface area contributed by atoms with Crippen molar-refractivity contribution in [2.45, 2.75) is 45.6 Å². The molecular weight excluding hydrogens is 216 g/mol. The van der Waals surface area contributed by atoms with Crippen LogP contribution in [-0.2, 0) is 0 Å². The highest BCUT2D eigenvalue weighted by Gasteiger charge is 2.48. The summed E-state index contributed by atoms with van der Waals surface area (Å²) in [6.07, 6.45) is 3.82. The van der Waals surface area contributed by atoms with Crippen LogP contribution in [0.2, 0.25) is 0 Å². The summed E-state index contributed by atoms with van der Waals surface area (Å²) in [5.74, 6) is 2.48. The van der Waals surface area contributed by atoms with Crippen molar-refractivity contribution >= 4 is 11.8 Å². The summed E-state index contributed by atoms with van der Waals surface area (Å²) in [4.78, 5) is 2.53. The third-order valence-electron chi connectivity index (χ3n) is 4.39. The number of nitrogens with two attached hydrogens (primary N) is 1. The van der Waals surface area contributed by atoms with Crippen LogP contribution in [0.15, 0.2) is 0 Å². The molecule has 0 aromatic rings. The van der Waals surface area contributed by atoms with Gasteiger partial charge in [0.25, 0.3) is 0 Å². The summed E-state index contributed by atoms with van der Waals surface area (Å²) >= 11 is 2.07. The Morgan fingerprint density at radius 3 is 2.56 bits per heavy atom. The average molecular weight is 244 g/mol. The van der Waals surface area contributed by atoms with Crippen molar-refractivity contribution in [3.63, 3.8) is 0 Å².